The van der Waals surface area contributed by atoms with Crippen LogP contribution in [0.3, 0.4) is 0 Å². The lowest BCUT2D eigenvalue weighted by molar-refractivity contribution is 0.211. The molecule has 2 N–H and O–H groups in total. The molecule has 1 atom stereocenters. The van der Waals surface area contributed by atoms with Crippen molar-refractivity contribution in [2.75, 3.05) is 13.1 Å². The van der Waals surface area contributed by atoms with Crippen molar-refractivity contribution in [3.63, 3.8) is 0 Å². The topological polar surface area (TPSA) is 44.4 Å². The molecule has 0 aromatic heterocycles. The molecular weight excluding hydrogens is 178 g/mol. The highest BCUT2D eigenvalue weighted by Crippen LogP contribution is 2.00. The normalized spacial score (nSPS) is 20.4. The van der Waals surface area contributed by atoms with Crippen LogP contribution in [0.15, 0.2) is 37.6 Å². The van der Waals surface area contributed by atoms with Crippen LogP contribution in [0, 0.1) is 0 Å². The molecule has 1 heterocycles. The lowest BCUT2D eigenvalue weighted by Gasteiger charge is -2.26. The van der Waals surface area contributed by atoms with Gasteiger partial charge in [0.25, 0.3) is 0 Å². The first-order chi connectivity index (χ1) is 6.77. The lowest BCUT2D eigenvalue weighted by Crippen LogP contribution is -2.51. The first-order valence-corrected chi connectivity index (χ1v) is 4.48. The van der Waals surface area contributed by atoms with E-state index in [4.69, 9.17) is 0 Å². The monoisotopic (exact) mass is 193 g/mol. The Labute approximate surface area is 84.0 Å². The Hall–Kier alpha value is -1.55. The van der Waals surface area contributed by atoms with Crippen molar-refractivity contribution in [1.29, 1.82) is 0 Å². The van der Waals surface area contributed by atoms with Crippen molar-refractivity contribution in [3.8, 4) is 0 Å². The fourth-order valence-corrected chi connectivity index (χ4v) is 1.13. The van der Waals surface area contributed by atoms with Gasteiger partial charge in [-0.3, -0.25) is 10.2 Å². The van der Waals surface area contributed by atoms with Crippen LogP contribution in [0.2, 0.25) is 0 Å². The Morgan fingerprint density at radius 1 is 1.57 bits per heavy atom. The predicted molar refractivity (Wildman–Crippen MR) is 56.6 cm³/mol. The van der Waals surface area contributed by atoms with E-state index >= 15 is 0 Å². The van der Waals surface area contributed by atoms with Crippen molar-refractivity contribution in [2.45, 2.75) is 6.17 Å². The number of hydrogen-bond donors (Lipinski definition) is 2. The van der Waals surface area contributed by atoms with Gasteiger partial charge in [-0.2, -0.15) is 0 Å². The molecule has 4 heteroatoms. The molecule has 2 amide bonds. The van der Waals surface area contributed by atoms with Crippen LogP contribution in [-0.2, 0) is 0 Å². The fraction of sp³-hybridized carbons (Fsp3) is 0.300. The average molecular weight is 193 g/mol. The summed E-state index contributed by atoms with van der Waals surface area (Å²) in [6.45, 7) is 8.35. The summed E-state index contributed by atoms with van der Waals surface area (Å²) in [6.07, 6.45) is 6.95. The van der Waals surface area contributed by atoms with Crippen LogP contribution in [-0.4, -0.2) is 30.2 Å². The maximum Gasteiger partial charge on any atom is 0.323 e. The highest BCUT2D eigenvalue weighted by atomic mass is 16.2. The first-order valence-electron chi connectivity index (χ1n) is 4.48. The van der Waals surface area contributed by atoms with Gasteiger partial charge in [-0.25, -0.2) is 4.79 Å². The van der Waals surface area contributed by atoms with Crippen LogP contribution in [0.25, 0.3) is 0 Å². The van der Waals surface area contributed by atoms with Crippen LogP contribution in [0.1, 0.15) is 0 Å². The van der Waals surface area contributed by atoms with E-state index in [2.05, 4.69) is 23.8 Å². The molecule has 0 bridgehead atoms. The molecule has 1 unspecified atom stereocenters. The molecule has 1 rings (SSSR count). The maximum absolute atomic E-state index is 11.4. The van der Waals surface area contributed by atoms with Gasteiger partial charge in [0, 0.05) is 19.3 Å². The van der Waals surface area contributed by atoms with E-state index in [1.165, 1.54) is 0 Å². The average Bonchev–Trinajstić information content (AvgIpc) is 2.19. The number of amides is 2. The molecule has 1 aliphatic heterocycles. The number of nitrogens with one attached hydrogen (secondary N) is 2. The number of urea groups is 1. The summed E-state index contributed by atoms with van der Waals surface area (Å²) >= 11 is 0. The maximum atomic E-state index is 11.4. The molecule has 14 heavy (non-hydrogen) atoms. The fourth-order valence-electron chi connectivity index (χ4n) is 1.13. The van der Waals surface area contributed by atoms with Crippen LogP contribution in [0.4, 0.5) is 4.79 Å². The second-order valence-corrected chi connectivity index (χ2v) is 2.91. The molecule has 0 saturated carbocycles. The summed E-state index contributed by atoms with van der Waals surface area (Å²) in [7, 11) is 0. The van der Waals surface area contributed by atoms with Crippen molar-refractivity contribution >= 4 is 6.03 Å². The van der Waals surface area contributed by atoms with Gasteiger partial charge in [0.15, 0.2) is 0 Å². The highest BCUT2D eigenvalue weighted by Gasteiger charge is 2.17. The van der Waals surface area contributed by atoms with Crippen molar-refractivity contribution in [3.05, 3.63) is 37.6 Å². The summed E-state index contributed by atoms with van der Waals surface area (Å²) in [5.41, 5.74) is 0. The lowest BCUT2D eigenvalue weighted by atomic mass is 10.3. The standard InChI is InChI=1S/C10H15N3O/c1-3-6-11-9-5-8-13(7-4-2)10(14)12-9/h3-5,8-9,11H,1-2,6-7H2,(H,12,14). The number of nitrogens with zero attached hydrogens (tertiary/aromatic N) is 1. The van der Waals surface area contributed by atoms with E-state index in [0.29, 0.717) is 13.1 Å². The van der Waals surface area contributed by atoms with E-state index in [1.807, 2.05) is 6.08 Å². The zero-order chi connectivity index (χ0) is 10.4. The number of rotatable bonds is 5. The SMILES string of the molecule is C=CCNC1C=CN(CC=C)C(=O)N1. The molecular formula is C10H15N3O. The minimum atomic E-state index is -0.117. The van der Waals surface area contributed by atoms with Gasteiger partial charge in [0.2, 0.25) is 0 Å². The smallest absolute Gasteiger partial charge is 0.319 e. The van der Waals surface area contributed by atoms with Crippen LogP contribution < -0.4 is 10.6 Å². The third kappa shape index (κ3) is 2.74. The summed E-state index contributed by atoms with van der Waals surface area (Å²) in [4.78, 5) is 13.0. The number of carbonyl (C=O) groups excluding carboxylic acids is 1. The molecule has 0 spiro atoms. The first kappa shape index (κ1) is 10.5. The van der Waals surface area contributed by atoms with Gasteiger partial charge >= 0.3 is 6.03 Å². The van der Waals surface area contributed by atoms with E-state index in [9.17, 15) is 4.79 Å². The van der Waals surface area contributed by atoms with Gasteiger partial charge in [0.1, 0.15) is 6.17 Å². The third-order valence-electron chi connectivity index (χ3n) is 1.81. The number of carbonyl (C=O) groups is 1. The van der Waals surface area contributed by atoms with E-state index in [-0.39, 0.29) is 12.2 Å². The quantitative estimate of drug-likeness (QED) is 0.635. The zero-order valence-electron chi connectivity index (χ0n) is 8.07. The summed E-state index contributed by atoms with van der Waals surface area (Å²) in [5, 5.41) is 5.85. The summed E-state index contributed by atoms with van der Waals surface area (Å²) in [6, 6.07) is -0.117. The summed E-state index contributed by atoms with van der Waals surface area (Å²) in [5.74, 6) is 0. The van der Waals surface area contributed by atoms with Crippen LogP contribution >= 0.6 is 0 Å². The van der Waals surface area contributed by atoms with Gasteiger partial charge < -0.3 is 5.32 Å². The largest absolute Gasteiger partial charge is 0.323 e. The van der Waals surface area contributed by atoms with E-state index in [1.54, 1.807) is 23.3 Å². The van der Waals surface area contributed by atoms with Gasteiger partial charge in [-0.1, -0.05) is 12.2 Å². The number of hydrogen-bond acceptors (Lipinski definition) is 2. The molecule has 0 radical (unpaired) electrons. The minimum absolute atomic E-state index is 0.110. The molecule has 76 valence electrons. The van der Waals surface area contributed by atoms with Gasteiger partial charge in [0.05, 0.1) is 0 Å². The Morgan fingerprint density at radius 2 is 2.36 bits per heavy atom. The molecule has 4 nitrogen and oxygen atoms in total. The predicted octanol–water partition coefficient (Wildman–Crippen LogP) is 0.813. The Kier molecular flexibility index (Phi) is 3.94. The highest BCUT2D eigenvalue weighted by molar-refractivity contribution is 5.77. The van der Waals surface area contributed by atoms with Crippen molar-refractivity contribution in [2.24, 2.45) is 0 Å². The van der Waals surface area contributed by atoms with Crippen LogP contribution in [0.5, 0.6) is 0 Å². The molecule has 0 fully saturated rings. The molecule has 1 aliphatic rings. The Bertz CT molecular complexity index is 260. The third-order valence-corrected chi connectivity index (χ3v) is 1.81. The van der Waals surface area contributed by atoms with E-state index in [0.717, 1.165) is 0 Å². The zero-order valence-corrected chi connectivity index (χ0v) is 8.07. The van der Waals surface area contributed by atoms with Gasteiger partial charge in [-0.15, -0.1) is 13.2 Å². The molecule has 0 saturated heterocycles. The van der Waals surface area contributed by atoms with Crippen molar-refractivity contribution < 1.29 is 4.79 Å². The molecule has 0 aromatic carbocycles. The second kappa shape index (κ2) is 5.24. The molecule has 0 aliphatic carbocycles. The minimum Gasteiger partial charge on any atom is -0.319 e. The Balaban J connectivity index is 2.48. The second-order valence-electron chi connectivity index (χ2n) is 2.91. The van der Waals surface area contributed by atoms with Gasteiger partial charge in [-0.05, 0) is 6.08 Å². The van der Waals surface area contributed by atoms with Crippen molar-refractivity contribution in [1.82, 2.24) is 15.5 Å². The van der Waals surface area contributed by atoms with E-state index < -0.39 is 0 Å². The summed E-state index contributed by atoms with van der Waals surface area (Å²) < 4.78 is 0. The molecule has 0 aromatic rings. The Morgan fingerprint density at radius 3 is 2.93 bits per heavy atom.